The second kappa shape index (κ2) is 5.92. The summed E-state index contributed by atoms with van der Waals surface area (Å²) in [5.41, 5.74) is 2.90. The second-order valence-corrected chi connectivity index (χ2v) is 5.87. The summed E-state index contributed by atoms with van der Waals surface area (Å²) in [7, 11) is 0. The van der Waals surface area contributed by atoms with Gasteiger partial charge >= 0.3 is 5.97 Å². The number of carbonyl (C=O) groups is 3. The van der Waals surface area contributed by atoms with Gasteiger partial charge in [0.25, 0.3) is 0 Å². The summed E-state index contributed by atoms with van der Waals surface area (Å²) in [6.07, 6.45) is 0.00179. The molecule has 0 amide bonds. The highest BCUT2D eigenvalue weighted by atomic mass is 16.4. The summed E-state index contributed by atoms with van der Waals surface area (Å²) in [4.78, 5) is 34.3. The number of hydrogen-bond acceptors (Lipinski definition) is 3. The van der Waals surface area contributed by atoms with Gasteiger partial charge in [0.1, 0.15) is 0 Å². The number of carbonyl (C=O) groups excluding carboxylic acids is 2. The lowest BCUT2D eigenvalue weighted by Crippen LogP contribution is -2.04. The summed E-state index contributed by atoms with van der Waals surface area (Å²) in [5.74, 6) is -0.942. The highest BCUT2D eigenvalue weighted by molar-refractivity contribution is 6.12. The first-order chi connectivity index (χ1) is 11.4. The van der Waals surface area contributed by atoms with E-state index in [0.717, 1.165) is 21.8 Å². The van der Waals surface area contributed by atoms with Gasteiger partial charge in [-0.3, -0.25) is 14.4 Å². The third-order valence-electron chi connectivity index (χ3n) is 4.23. The van der Waals surface area contributed by atoms with E-state index in [1.54, 1.807) is 24.3 Å². The van der Waals surface area contributed by atoms with Crippen LogP contribution in [-0.2, 0) is 11.3 Å². The number of nitrogens with zero attached hydrogens (tertiary/aromatic N) is 1. The predicted molar refractivity (Wildman–Crippen MR) is 91.7 cm³/mol. The maximum Gasteiger partial charge on any atom is 0.305 e. The van der Waals surface area contributed by atoms with E-state index in [1.165, 1.54) is 13.8 Å². The van der Waals surface area contributed by atoms with Crippen LogP contribution in [0.2, 0.25) is 0 Å². The minimum atomic E-state index is -0.870. The number of ketones is 2. The number of hydrogen-bond donors (Lipinski definition) is 1. The van der Waals surface area contributed by atoms with E-state index in [1.807, 2.05) is 16.7 Å². The number of fused-ring (bicyclic) bond motifs is 3. The van der Waals surface area contributed by atoms with Crippen LogP contribution in [0, 0.1) is 0 Å². The molecule has 3 rings (SSSR count). The van der Waals surface area contributed by atoms with Crippen LogP contribution in [0.5, 0.6) is 0 Å². The monoisotopic (exact) mass is 323 g/mol. The van der Waals surface area contributed by atoms with Crippen molar-refractivity contribution in [2.24, 2.45) is 0 Å². The molecule has 0 saturated carbocycles. The molecule has 0 bridgehead atoms. The third-order valence-corrected chi connectivity index (χ3v) is 4.23. The SMILES string of the molecule is CC(=O)c1ccc2c(c1)c1cc(C(C)=O)ccc1n2CCC(=O)O. The Kier molecular flexibility index (Phi) is 3.93. The molecule has 0 saturated heterocycles. The lowest BCUT2D eigenvalue weighted by Gasteiger charge is -2.06. The van der Waals surface area contributed by atoms with E-state index in [4.69, 9.17) is 5.11 Å². The van der Waals surface area contributed by atoms with Crippen molar-refractivity contribution in [1.82, 2.24) is 4.57 Å². The first-order valence-corrected chi connectivity index (χ1v) is 7.68. The normalized spacial score (nSPS) is 11.1. The number of carboxylic acid groups (broad SMARTS) is 1. The van der Waals surface area contributed by atoms with Gasteiger partial charge in [0.15, 0.2) is 11.6 Å². The molecule has 2 aromatic carbocycles. The summed E-state index contributed by atoms with van der Waals surface area (Å²) in [5, 5.41) is 10.7. The van der Waals surface area contributed by atoms with Crippen molar-refractivity contribution in [3.63, 3.8) is 0 Å². The standard InChI is InChI=1S/C19H17NO4/c1-11(21)13-3-5-17-15(9-13)16-10-14(12(2)22)4-6-18(16)20(17)8-7-19(23)24/h3-6,9-10H,7-8H2,1-2H3,(H,23,24). The molecule has 1 heterocycles. The van der Waals surface area contributed by atoms with Crippen LogP contribution in [0.25, 0.3) is 21.8 Å². The average molecular weight is 323 g/mol. The number of aromatic nitrogens is 1. The van der Waals surface area contributed by atoms with Gasteiger partial charge in [-0.15, -0.1) is 0 Å². The maximum atomic E-state index is 11.7. The summed E-state index contributed by atoms with van der Waals surface area (Å²) < 4.78 is 1.92. The fourth-order valence-corrected chi connectivity index (χ4v) is 2.99. The van der Waals surface area contributed by atoms with Gasteiger partial charge in [-0.25, -0.2) is 0 Å². The van der Waals surface area contributed by atoms with E-state index in [2.05, 4.69) is 0 Å². The van der Waals surface area contributed by atoms with Crippen molar-refractivity contribution in [1.29, 1.82) is 0 Å². The van der Waals surface area contributed by atoms with Crippen LogP contribution in [0.1, 0.15) is 41.0 Å². The molecule has 0 aliphatic rings. The van der Waals surface area contributed by atoms with Crippen LogP contribution in [-0.4, -0.2) is 27.2 Å². The van der Waals surface area contributed by atoms with Gasteiger partial charge in [-0.2, -0.15) is 0 Å². The zero-order valence-electron chi connectivity index (χ0n) is 13.5. The van der Waals surface area contributed by atoms with Crippen molar-refractivity contribution in [2.75, 3.05) is 0 Å². The number of carboxylic acids is 1. The molecular formula is C19H17NO4. The topological polar surface area (TPSA) is 76.4 Å². The van der Waals surface area contributed by atoms with Gasteiger partial charge in [0, 0.05) is 39.5 Å². The molecule has 5 nitrogen and oxygen atoms in total. The van der Waals surface area contributed by atoms with Gasteiger partial charge < -0.3 is 9.67 Å². The Hall–Kier alpha value is -2.95. The quantitative estimate of drug-likeness (QED) is 0.727. The molecule has 5 heteroatoms. The van der Waals surface area contributed by atoms with E-state index in [9.17, 15) is 14.4 Å². The number of aryl methyl sites for hydroxylation is 1. The Balaban J connectivity index is 2.33. The van der Waals surface area contributed by atoms with Crippen molar-refractivity contribution in [2.45, 2.75) is 26.8 Å². The van der Waals surface area contributed by atoms with Crippen molar-refractivity contribution >= 4 is 39.3 Å². The molecule has 1 aromatic heterocycles. The number of rotatable bonds is 5. The lowest BCUT2D eigenvalue weighted by atomic mass is 10.0. The first-order valence-electron chi connectivity index (χ1n) is 7.68. The Bertz CT molecular complexity index is 926. The molecule has 0 unspecified atom stereocenters. The van der Waals surface area contributed by atoms with Crippen LogP contribution < -0.4 is 0 Å². The molecule has 0 spiro atoms. The highest BCUT2D eigenvalue weighted by Gasteiger charge is 2.14. The fourth-order valence-electron chi connectivity index (χ4n) is 2.99. The molecule has 0 radical (unpaired) electrons. The Morgan fingerprint density at radius 1 is 0.875 bits per heavy atom. The first kappa shape index (κ1) is 15.9. The fraction of sp³-hybridized carbons (Fsp3) is 0.211. The number of aliphatic carboxylic acids is 1. The number of Topliss-reactive ketones (excluding diaryl/α,β-unsaturated/α-hetero) is 2. The molecular weight excluding hydrogens is 306 g/mol. The maximum absolute atomic E-state index is 11.7. The van der Waals surface area contributed by atoms with Gasteiger partial charge in [-0.05, 0) is 50.2 Å². The second-order valence-electron chi connectivity index (χ2n) is 5.87. The molecule has 3 aromatic rings. The van der Waals surface area contributed by atoms with Crippen molar-refractivity contribution in [3.8, 4) is 0 Å². The van der Waals surface area contributed by atoms with E-state index >= 15 is 0 Å². The summed E-state index contributed by atoms with van der Waals surface area (Å²) >= 11 is 0. The average Bonchev–Trinajstić information content (AvgIpc) is 2.85. The summed E-state index contributed by atoms with van der Waals surface area (Å²) in [6.45, 7) is 3.34. The van der Waals surface area contributed by atoms with Crippen LogP contribution >= 0.6 is 0 Å². The predicted octanol–water partition coefficient (Wildman–Crippen LogP) is 3.67. The smallest absolute Gasteiger partial charge is 0.305 e. The van der Waals surface area contributed by atoms with Crippen LogP contribution in [0.4, 0.5) is 0 Å². The molecule has 122 valence electrons. The Morgan fingerprint density at radius 3 is 1.71 bits per heavy atom. The zero-order chi connectivity index (χ0) is 17.4. The molecule has 24 heavy (non-hydrogen) atoms. The van der Waals surface area contributed by atoms with E-state index in [0.29, 0.717) is 17.7 Å². The Morgan fingerprint density at radius 2 is 1.33 bits per heavy atom. The van der Waals surface area contributed by atoms with Crippen LogP contribution in [0.15, 0.2) is 36.4 Å². The largest absolute Gasteiger partial charge is 0.481 e. The minimum absolute atomic E-state index is 0.00179. The molecule has 0 fully saturated rings. The summed E-state index contributed by atoms with van der Waals surface area (Å²) in [6, 6.07) is 10.8. The minimum Gasteiger partial charge on any atom is -0.481 e. The van der Waals surface area contributed by atoms with Crippen molar-refractivity contribution in [3.05, 3.63) is 47.5 Å². The molecule has 1 N–H and O–H groups in total. The number of benzene rings is 2. The van der Waals surface area contributed by atoms with Gasteiger partial charge in [0.05, 0.1) is 6.42 Å². The lowest BCUT2D eigenvalue weighted by molar-refractivity contribution is -0.137. The Labute approximate surface area is 138 Å². The molecule has 0 aliphatic carbocycles. The van der Waals surface area contributed by atoms with Crippen molar-refractivity contribution < 1.29 is 19.5 Å². The van der Waals surface area contributed by atoms with E-state index in [-0.39, 0.29) is 18.0 Å². The molecule has 0 atom stereocenters. The zero-order valence-corrected chi connectivity index (χ0v) is 13.5. The molecule has 0 aliphatic heterocycles. The third kappa shape index (κ3) is 2.69. The van der Waals surface area contributed by atoms with Gasteiger partial charge in [-0.1, -0.05) is 0 Å². The van der Waals surface area contributed by atoms with Crippen LogP contribution in [0.3, 0.4) is 0 Å². The van der Waals surface area contributed by atoms with Gasteiger partial charge in [0.2, 0.25) is 0 Å². The van der Waals surface area contributed by atoms with E-state index < -0.39 is 5.97 Å². The highest BCUT2D eigenvalue weighted by Crippen LogP contribution is 2.31.